The van der Waals surface area contributed by atoms with Crippen LogP contribution in [0.2, 0.25) is 0 Å². The maximum absolute atomic E-state index is 12.8. The molecule has 1 N–H and O–H groups in total. The fraction of sp³-hybridized carbons (Fsp3) is 0.0833. The van der Waals surface area contributed by atoms with Crippen molar-refractivity contribution in [1.29, 1.82) is 0 Å². The number of aromatic nitrogens is 1. The maximum Gasteiger partial charge on any atom is 0.141 e. The molecule has 0 amide bonds. The monoisotopic (exact) mass is 220 g/mol. The summed E-state index contributed by atoms with van der Waals surface area (Å²) >= 11 is 0. The Morgan fingerprint density at radius 2 is 1.75 bits per heavy atom. The average Bonchev–Trinajstić information content (AvgIpc) is 2.28. The SMILES string of the molecule is Fc1ccc(NCc2cncc(F)c2)cc1. The number of pyridine rings is 1. The van der Waals surface area contributed by atoms with Gasteiger partial charge < -0.3 is 5.32 Å². The molecule has 0 fully saturated rings. The van der Waals surface area contributed by atoms with E-state index in [0.717, 1.165) is 17.4 Å². The van der Waals surface area contributed by atoms with Crippen LogP contribution in [0.15, 0.2) is 42.7 Å². The highest BCUT2D eigenvalue weighted by Crippen LogP contribution is 2.10. The van der Waals surface area contributed by atoms with Gasteiger partial charge in [0, 0.05) is 18.4 Å². The third-order valence-electron chi connectivity index (χ3n) is 2.10. The Morgan fingerprint density at radius 3 is 2.44 bits per heavy atom. The van der Waals surface area contributed by atoms with E-state index in [4.69, 9.17) is 0 Å². The number of halogens is 2. The molecular formula is C12H10F2N2. The highest BCUT2D eigenvalue weighted by Gasteiger charge is 1.97. The van der Waals surface area contributed by atoms with Gasteiger partial charge >= 0.3 is 0 Å². The molecule has 1 aromatic heterocycles. The van der Waals surface area contributed by atoms with Crippen molar-refractivity contribution in [2.24, 2.45) is 0 Å². The number of anilines is 1. The van der Waals surface area contributed by atoms with E-state index in [-0.39, 0.29) is 11.6 Å². The minimum absolute atomic E-state index is 0.280. The molecule has 0 saturated heterocycles. The Hall–Kier alpha value is -1.97. The van der Waals surface area contributed by atoms with Crippen LogP contribution in [0, 0.1) is 11.6 Å². The predicted molar refractivity (Wildman–Crippen MR) is 57.9 cm³/mol. The van der Waals surface area contributed by atoms with Crippen molar-refractivity contribution in [3.8, 4) is 0 Å². The van der Waals surface area contributed by atoms with Crippen molar-refractivity contribution >= 4 is 5.69 Å². The standard InChI is InChI=1S/C12H10F2N2/c13-10-1-3-12(4-2-10)16-7-9-5-11(14)8-15-6-9/h1-6,8,16H,7H2. The van der Waals surface area contributed by atoms with E-state index in [0.29, 0.717) is 6.54 Å². The van der Waals surface area contributed by atoms with Crippen LogP contribution in [0.25, 0.3) is 0 Å². The minimum atomic E-state index is -0.363. The van der Waals surface area contributed by atoms with Crippen LogP contribution < -0.4 is 5.32 Å². The number of nitrogens with one attached hydrogen (secondary N) is 1. The molecule has 0 spiro atoms. The maximum atomic E-state index is 12.8. The molecule has 82 valence electrons. The lowest BCUT2D eigenvalue weighted by Crippen LogP contribution is -2.00. The highest BCUT2D eigenvalue weighted by molar-refractivity contribution is 5.43. The molecule has 2 nitrogen and oxygen atoms in total. The summed E-state index contributed by atoms with van der Waals surface area (Å²) in [6, 6.07) is 7.39. The quantitative estimate of drug-likeness (QED) is 0.860. The molecule has 4 heteroatoms. The zero-order valence-electron chi connectivity index (χ0n) is 8.45. The number of nitrogens with zero attached hydrogens (tertiary/aromatic N) is 1. The van der Waals surface area contributed by atoms with Crippen molar-refractivity contribution in [2.75, 3.05) is 5.32 Å². The first-order chi connectivity index (χ1) is 7.74. The van der Waals surface area contributed by atoms with E-state index in [1.165, 1.54) is 18.2 Å². The lowest BCUT2D eigenvalue weighted by atomic mass is 10.2. The van der Waals surface area contributed by atoms with E-state index in [2.05, 4.69) is 10.3 Å². The van der Waals surface area contributed by atoms with Crippen LogP contribution in [-0.2, 0) is 6.54 Å². The number of rotatable bonds is 3. The van der Waals surface area contributed by atoms with Gasteiger partial charge in [0.15, 0.2) is 0 Å². The van der Waals surface area contributed by atoms with Crippen LogP contribution in [0.4, 0.5) is 14.5 Å². The van der Waals surface area contributed by atoms with Gasteiger partial charge in [0.1, 0.15) is 11.6 Å². The lowest BCUT2D eigenvalue weighted by molar-refractivity contribution is 0.619. The number of hydrogen-bond donors (Lipinski definition) is 1. The zero-order valence-corrected chi connectivity index (χ0v) is 8.45. The summed E-state index contributed by atoms with van der Waals surface area (Å²) in [4.78, 5) is 3.74. The summed E-state index contributed by atoms with van der Waals surface area (Å²) in [5.74, 6) is -0.642. The predicted octanol–water partition coefficient (Wildman–Crippen LogP) is 2.97. The Morgan fingerprint density at radius 1 is 1.00 bits per heavy atom. The Bertz CT molecular complexity index is 469. The second kappa shape index (κ2) is 4.70. The van der Waals surface area contributed by atoms with Crippen molar-refractivity contribution in [3.63, 3.8) is 0 Å². The molecule has 16 heavy (non-hydrogen) atoms. The topological polar surface area (TPSA) is 24.9 Å². The average molecular weight is 220 g/mol. The normalized spacial score (nSPS) is 10.1. The summed E-state index contributed by atoms with van der Waals surface area (Å²) in [5, 5.41) is 3.04. The van der Waals surface area contributed by atoms with E-state index in [9.17, 15) is 8.78 Å². The molecule has 0 aliphatic heterocycles. The van der Waals surface area contributed by atoms with Gasteiger partial charge in [0.05, 0.1) is 6.20 Å². The first kappa shape index (κ1) is 10.5. The first-order valence-corrected chi connectivity index (χ1v) is 4.83. The lowest BCUT2D eigenvalue weighted by Gasteiger charge is -2.05. The third-order valence-corrected chi connectivity index (χ3v) is 2.10. The van der Waals surface area contributed by atoms with Gasteiger partial charge in [-0.15, -0.1) is 0 Å². The van der Waals surface area contributed by atoms with Crippen LogP contribution in [-0.4, -0.2) is 4.98 Å². The second-order valence-corrected chi connectivity index (χ2v) is 3.37. The molecule has 0 radical (unpaired) electrons. The Balaban J connectivity index is 1.99. The van der Waals surface area contributed by atoms with Crippen molar-refractivity contribution in [2.45, 2.75) is 6.54 Å². The van der Waals surface area contributed by atoms with Gasteiger partial charge in [-0.25, -0.2) is 8.78 Å². The molecule has 0 aliphatic carbocycles. The van der Waals surface area contributed by atoms with E-state index < -0.39 is 0 Å². The molecule has 0 bridgehead atoms. The molecule has 1 aromatic carbocycles. The van der Waals surface area contributed by atoms with Gasteiger partial charge in [-0.1, -0.05) is 0 Å². The fourth-order valence-corrected chi connectivity index (χ4v) is 1.32. The second-order valence-electron chi connectivity index (χ2n) is 3.37. The van der Waals surface area contributed by atoms with Gasteiger partial charge in [0.2, 0.25) is 0 Å². The fourth-order valence-electron chi connectivity index (χ4n) is 1.32. The number of hydrogen-bond acceptors (Lipinski definition) is 2. The molecule has 0 unspecified atom stereocenters. The third kappa shape index (κ3) is 2.76. The molecule has 2 aromatic rings. The summed E-state index contributed by atoms with van der Waals surface area (Å²) in [5.41, 5.74) is 1.52. The summed E-state index contributed by atoms with van der Waals surface area (Å²) in [6.45, 7) is 0.455. The summed E-state index contributed by atoms with van der Waals surface area (Å²) in [6.07, 6.45) is 2.74. The van der Waals surface area contributed by atoms with Gasteiger partial charge in [-0.3, -0.25) is 4.98 Å². The molecule has 1 heterocycles. The molecule has 0 saturated carbocycles. The van der Waals surface area contributed by atoms with E-state index in [1.54, 1.807) is 18.3 Å². The Kier molecular flexibility index (Phi) is 3.10. The van der Waals surface area contributed by atoms with Gasteiger partial charge in [0.25, 0.3) is 0 Å². The molecule has 0 atom stereocenters. The molecule has 0 aliphatic rings. The highest BCUT2D eigenvalue weighted by atomic mass is 19.1. The zero-order chi connectivity index (χ0) is 11.4. The van der Waals surface area contributed by atoms with Crippen LogP contribution in [0.5, 0.6) is 0 Å². The van der Waals surface area contributed by atoms with Crippen molar-refractivity contribution in [3.05, 3.63) is 59.9 Å². The first-order valence-electron chi connectivity index (χ1n) is 4.83. The summed E-state index contributed by atoms with van der Waals surface area (Å²) < 4.78 is 25.4. The van der Waals surface area contributed by atoms with E-state index in [1.807, 2.05) is 0 Å². The van der Waals surface area contributed by atoms with Crippen LogP contribution in [0.1, 0.15) is 5.56 Å². The molecular weight excluding hydrogens is 210 g/mol. The largest absolute Gasteiger partial charge is 0.381 e. The van der Waals surface area contributed by atoms with Gasteiger partial charge in [-0.2, -0.15) is 0 Å². The van der Waals surface area contributed by atoms with Crippen LogP contribution in [0.3, 0.4) is 0 Å². The summed E-state index contributed by atoms with van der Waals surface area (Å²) in [7, 11) is 0. The molecule has 2 rings (SSSR count). The number of benzene rings is 1. The van der Waals surface area contributed by atoms with Crippen LogP contribution >= 0.6 is 0 Å². The van der Waals surface area contributed by atoms with Gasteiger partial charge in [-0.05, 0) is 35.9 Å². The van der Waals surface area contributed by atoms with E-state index >= 15 is 0 Å². The minimum Gasteiger partial charge on any atom is -0.381 e. The smallest absolute Gasteiger partial charge is 0.141 e. The Labute approximate surface area is 92.0 Å². The van der Waals surface area contributed by atoms with Crippen molar-refractivity contribution in [1.82, 2.24) is 4.98 Å². The van der Waals surface area contributed by atoms with Crippen molar-refractivity contribution < 1.29 is 8.78 Å².